The largest absolute Gasteiger partial charge is 0.381 e. The van der Waals surface area contributed by atoms with Crippen molar-refractivity contribution < 1.29 is 14.3 Å². The van der Waals surface area contributed by atoms with Gasteiger partial charge in [0.05, 0.1) is 13.2 Å². The van der Waals surface area contributed by atoms with E-state index in [0.717, 1.165) is 13.0 Å². The Morgan fingerprint density at radius 3 is 2.67 bits per heavy atom. The third-order valence-electron chi connectivity index (χ3n) is 3.57. The van der Waals surface area contributed by atoms with E-state index >= 15 is 0 Å². The SMILES string of the molecule is CC(C)(C)C1NC(=O)CN(CC2CCOC2)C1=O. The van der Waals surface area contributed by atoms with Gasteiger partial charge in [0.25, 0.3) is 0 Å². The van der Waals surface area contributed by atoms with Gasteiger partial charge in [0.15, 0.2) is 0 Å². The molecule has 0 radical (unpaired) electrons. The van der Waals surface area contributed by atoms with E-state index < -0.39 is 6.04 Å². The fraction of sp³-hybridized carbons (Fsp3) is 0.846. The lowest BCUT2D eigenvalue weighted by atomic mass is 9.84. The smallest absolute Gasteiger partial charge is 0.246 e. The molecular formula is C13H22N2O3. The van der Waals surface area contributed by atoms with Crippen molar-refractivity contribution in [3.63, 3.8) is 0 Å². The second kappa shape index (κ2) is 4.88. The summed E-state index contributed by atoms with van der Waals surface area (Å²) >= 11 is 0. The maximum atomic E-state index is 12.4. The zero-order valence-electron chi connectivity index (χ0n) is 11.4. The van der Waals surface area contributed by atoms with Crippen LogP contribution in [0.15, 0.2) is 0 Å². The zero-order valence-corrected chi connectivity index (χ0v) is 11.4. The maximum Gasteiger partial charge on any atom is 0.246 e. The van der Waals surface area contributed by atoms with Crippen molar-refractivity contribution in [1.29, 1.82) is 0 Å². The lowest BCUT2D eigenvalue weighted by Gasteiger charge is -2.39. The van der Waals surface area contributed by atoms with E-state index in [-0.39, 0.29) is 23.8 Å². The van der Waals surface area contributed by atoms with Crippen molar-refractivity contribution >= 4 is 11.8 Å². The highest BCUT2D eigenvalue weighted by molar-refractivity contribution is 5.95. The normalized spacial score (nSPS) is 29.6. The average Bonchev–Trinajstić information content (AvgIpc) is 2.74. The second-order valence-electron chi connectivity index (χ2n) is 6.31. The Labute approximate surface area is 108 Å². The van der Waals surface area contributed by atoms with E-state index in [1.165, 1.54) is 0 Å². The van der Waals surface area contributed by atoms with Crippen molar-refractivity contribution in [2.75, 3.05) is 26.3 Å². The molecule has 2 rings (SSSR count). The summed E-state index contributed by atoms with van der Waals surface area (Å²) in [6.45, 7) is 8.20. The summed E-state index contributed by atoms with van der Waals surface area (Å²) in [6.07, 6.45) is 0.978. The minimum Gasteiger partial charge on any atom is -0.381 e. The first-order valence-electron chi connectivity index (χ1n) is 6.54. The third kappa shape index (κ3) is 2.83. The molecule has 0 aliphatic carbocycles. The Morgan fingerprint density at radius 2 is 2.11 bits per heavy atom. The summed E-state index contributed by atoms with van der Waals surface area (Å²) in [7, 11) is 0. The van der Waals surface area contributed by atoms with Gasteiger partial charge in [-0.2, -0.15) is 0 Å². The molecule has 0 aromatic heterocycles. The highest BCUT2D eigenvalue weighted by atomic mass is 16.5. The Hall–Kier alpha value is -1.10. The molecule has 2 fully saturated rings. The Balaban J connectivity index is 2.05. The van der Waals surface area contributed by atoms with Gasteiger partial charge in [-0.05, 0) is 11.8 Å². The number of hydrogen-bond acceptors (Lipinski definition) is 3. The van der Waals surface area contributed by atoms with Crippen LogP contribution < -0.4 is 5.32 Å². The van der Waals surface area contributed by atoms with Crippen molar-refractivity contribution in [1.82, 2.24) is 10.2 Å². The molecule has 1 N–H and O–H groups in total. The minimum atomic E-state index is -0.416. The van der Waals surface area contributed by atoms with Crippen LogP contribution in [0.3, 0.4) is 0 Å². The van der Waals surface area contributed by atoms with Gasteiger partial charge in [-0.15, -0.1) is 0 Å². The van der Waals surface area contributed by atoms with Gasteiger partial charge >= 0.3 is 0 Å². The second-order valence-corrected chi connectivity index (χ2v) is 6.31. The first-order chi connectivity index (χ1) is 8.38. The van der Waals surface area contributed by atoms with Crippen LogP contribution in [0.2, 0.25) is 0 Å². The van der Waals surface area contributed by atoms with Crippen LogP contribution in [0.25, 0.3) is 0 Å². The van der Waals surface area contributed by atoms with Gasteiger partial charge in [0, 0.05) is 19.1 Å². The number of carbonyl (C=O) groups is 2. The summed E-state index contributed by atoms with van der Waals surface area (Å²) in [6, 6.07) is -0.416. The average molecular weight is 254 g/mol. The Morgan fingerprint density at radius 1 is 1.39 bits per heavy atom. The van der Waals surface area contributed by atoms with Crippen molar-refractivity contribution in [3.8, 4) is 0 Å². The summed E-state index contributed by atoms with van der Waals surface area (Å²) < 4.78 is 5.32. The molecular weight excluding hydrogens is 232 g/mol. The van der Waals surface area contributed by atoms with E-state index in [1.54, 1.807) is 4.90 Å². The molecule has 2 saturated heterocycles. The molecule has 102 valence electrons. The highest BCUT2D eigenvalue weighted by Gasteiger charge is 2.40. The van der Waals surface area contributed by atoms with E-state index in [4.69, 9.17) is 4.74 Å². The standard InChI is InChI=1S/C13H22N2O3/c1-13(2,3)11-12(17)15(7-10(16)14-11)6-9-4-5-18-8-9/h9,11H,4-8H2,1-3H3,(H,14,16). The van der Waals surface area contributed by atoms with Gasteiger partial charge < -0.3 is 15.0 Å². The molecule has 18 heavy (non-hydrogen) atoms. The van der Waals surface area contributed by atoms with Gasteiger partial charge in [-0.3, -0.25) is 9.59 Å². The molecule has 2 heterocycles. The summed E-state index contributed by atoms with van der Waals surface area (Å²) in [5, 5.41) is 2.80. The van der Waals surface area contributed by atoms with Crippen molar-refractivity contribution in [2.24, 2.45) is 11.3 Å². The number of nitrogens with one attached hydrogen (secondary N) is 1. The lowest BCUT2D eigenvalue weighted by molar-refractivity contribution is -0.148. The minimum absolute atomic E-state index is 0.0361. The molecule has 2 aliphatic heterocycles. The molecule has 0 aromatic carbocycles. The first kappa shape index (κ1) is 13.3. The molecule has 2 unspecified atom stereocenters. The molecule has 2 atom stereocenters. The fourth-order valence-corrected chi connectivity index (χ4v) is 2.48. The number of carbonyl (C=O) groups excluding carboxylic acids is 2. The number of rotatable bonds is 2. The zero-order chi connectivity index (χ0) is 13.3. The predicted molar refractivity (Wildman–Crippen MR) is 66.9 cm³/mol. The number of piperazine rings is 1. The quantitative estimate of drug-likeness (QED) is 0.776. The predicted octanol–water partition coefficient (Wildman–Crippen LogP) is 0.396. The number of ether oxygens (including phenoxy) is 1. The molecule has 0 bridgehead atoms. The number of amides is 2. The molecule has 2 aliphatic rings. The maximum absolute atomic E-state index is 12.4. The monoisotopic (exact) mass is 254 g/mol. The van der Waals surface area contributed by atoms with Crippen LogP contribution in [0.1, 0.15) is 27.2 Å². The van der Waals surface area contributed by atoms with E-state index in [1.807, 2.05) is 20.8 Å². The topological polar surface area (TPSA) is 58.6 Å². The van der Waals surface area contributed by atoms with Gasteiger partial charge in [0.1, 0.15) is 6.04 Å². The van der Waals surface area contributed by atoms with Crippen LogP contribution in [0.4, 0.5) is 0 Å². The van der Waals surface area contributed by atoms with Crippen molar-refractivity contribution in [3.05, 3.63) is 0 Å². The molecule has 5 heteroatoms. The molecule has 5 nitrogen and oxygen atoms in total. The third-order valence-corrected chi connectivity index (χ3v) is 3.57. The van der Waals surface area contributed by atoms with Crippen LogP contribution in [0, 0.1) is 11.3 Å². The van der Waals surface area contributed by atoms with Gasteiger partial charge in [-0.1, -0.05) is 20.8 Å². The summed E-state index contributed by atoms with van der Waals surface area (Å²) in [5.74, 6) is 0.350. The molecule has 2 amide bonds. The lowest BCUT2D eigenvalue weighted by Crippen LogP contribution is -2.62. The van der Waals surface area contributed by atoms with Gasteiger partial charge in [-0.25, -0.2) is 0 Å². The fourth-order valence-electron chi connectivity index (χ4n) is 2.48. The number of hydrogen-bond donors (Lipinski definition) is 1. The Bertz CT molecular complexity index is 343. The van der Waals surface area contributed by atoms with Crippen LogP contribution >= 0.6 is 0 Å². The Kier molecular flexibility index (Phi) is 3.61. The summed E-state index contributed by atoms with van der Waals surface area (Å²) in [5.41, 5.74) is -0.252. The van der Waals surface area contributed by atoms with E-state index in [0.29, 0.717) is 19.1 Å². The van der Waals surface area contributed by atoms with E-state index in [2.05, 4.69) is 5.32 Å². The van der Waals surface area contributed by atoms with E-state index in [9.17, 15) is 9.59 Å². The molecule has 0 saturated carbocycles. The van der Waals surface area contributed by atoms with Crippen molar-refractivity contribution in [2.45, 2.75) is 33.2 Å². The van der Waals surface area contributed by atoms with Crippen LogP contribution in [-0.4, -0.2) is 49.1 Å². The van der Waals surface area contributed by atoms with Crippen LogP contribution in [-0.2, 0) is 14.3 Å². The summed E-state index contributed by atoms with van der Waals surface area (Å²) in [4.78, 5) is 25.8. The number of nitrogens with zero attached hydrogens (tertiary/aromatic N) is 1. The highest BCUT2D eigenvalue weighted by Crippen LogP contribution is 2.24. The first-order valence-corrected chi connectivity index (χ1v) is 6.54. The molecule has 0 spiro atoms. The van der Waals surface area contributed by atoms with Gasteiger partial charge in [0.2, 0.25) is 11.8 Å². The van der Waals surface area contributed by atoms with Crippen LogP contribution in [0.5, 0.6) is 0 Å². The molecule has 0 aromatic rings.